The van der Waals surface area contributed by atoms with Gasteiger partial charge in [0.05, 0.1) is 7.11 Å². The van der Waals surface area contributed by atoms with E-state index in [2.05, 4.69) is 24.4 Å². The molecule has 0 heterocycles. The van der Waals surface area contributed by atoms with Crippen LogP contribution in [0.5, 0.6) is 5.75 Å². The molecule has 0 fully saturated rings. The summed E-state index contributed by atoms with van der Waals surface area (Å²) in [6, 6.07) is 27.3. The molecule has 0 aliphatic heterocycles. The maximum absolute atomic E-state index is 13.7. The first kappa shape index (κ1) is 28.3. The number of hydrogen-bond donors (Lipinski definition) is 1. The van der Waals surface area contributed by atoms with Crippen LogP contribution in [0.3, 0.4) is 0 Å². The van der Waals surface area contributed by atoms with Crippen molar-refractivity contribution in [3.8, 4) is 5.75 Å². The van der Waals surface area contributed by atoms with E-state index in [0.29, 0.717) is 31.7 Å². The molecule has 0 aromatic heterocycles. The van der Waals surface area contributed by atoms with Gasteiger partial charge in [-0.15, -0.1) is 0 Å². The van der Waals surface area contributed by atoms with Crippen LogP contribution in [0, 0.1) is 0 Å². The molecule has 37 heavy (non-hydrogen) atoms. The molecule has 0 bridgehead atoms. The third-order valence-electron chi connectivity index (χ3n) is 6.16. The van der Waals surface area contributed by atoms with Crippen LogP contribution >= 0.6 is 11.8 Å². The van der Waals surface area contributed by atoms with Gasteiger partial charge in [-0.2, -0.15) is 11.8 Å². The van der Waals surface area contributed by atoms with Crippen LogP contribution in [-0.2, 0) is 28.3 Å². The highest BCUT2D eigenvalue weighted by molar-refractivity contribution is 7.98. The van der Waals surface area contributed by atoms with Crippen molar-refractivity contribution in [2.24, 2.45) is 0 Å². The summed E-state index contributed by atoms with van der Waals surface area (Å²) in [6.45, 7) is 3.05. The fraction of sp³-hybridized carbons (Fsp3) is 0.355. The van der Waals surface area contributed by atoms with E-state index in [1.54, 1.807) is 23.8 Å². The number of hydrogen-bond acceptors (Lipinski definition) is 4. The first-order valence-electron chi connectivity index (χ1n) is 13.0. The number of benzene rings is 3. The average molecular weight is 519 g/mol. The van der Waals surface area contributed by atoms with E-state index in [9.17, 15) is 9.59 Å². The lowest BCUT2D eigenvalue weighted by Gasteiger charge is -2.31. The van der Waals surface area contributed by atoms with Gasteiger partial charge in [0.1, 0.15) is 11.8 Å². The Balaban J connectivity index is 1.80. The minimum atomic E-state index is -0.600. The van der Waals surface area contributed by atoms with Gasteiger partial charge < -0.3 is 15.0 Å². The normalized spacial score (nSPS) is 11.5. The quantitative estimate of drug-likeness (QED) is 0.256. The first-order chi connectivity index (χ1) is 18.1. The van der Waals surface area contributed by atoms with Crippen LogP contribution in [0.25, 0.3) is 0 Å². The third kappa shape index (κ3) is 9.62. The maximum atomic E-state index is 13.7. The molecule has 3 aromatic rings. The Kier molecular flexibility index (Phi) is 12.1. The molecule has 3 rings (SSSR count). The zero-order chi connectivity index (χ0) is 26.3. The SMILES string of the molecule is CCCCNC(=O)[C@@H](Cc1ccccc1)N(Cc1cccc(OC)c1)C(=O)CCSCc1ccccc1. The number of carbonyl (C=O) groups excluding carboxylic acids is 2. The van der Waals surface area contributed by atoms with Gasteiger partial charge in [-0.1, -0.05) is 86.1 Å². The summed E-state index contributed by atoms with van der Waals surface area (Å²) in [7, 11) is 1.63. The van der Waals surface area contributed by atoms with E-state index in [1.165, 1.54) is 5.56 Å². The molecule has 0 radical (unpaired) electrons. The van der Waals surface area contributed by atoms with Gasteiger partial charge in [0.25, 0.3) is 0 Å². The van der Waals surface area contributed by atoms with E-state index in [-0.39, 0.29) is 11.8 Å². The van der Waals surface area contributed by atoms with Gasteiger partial charge in [0, 0.05) is 37.4 Å². The Morgan fingerprint density at radius 3 is 2.27 bits per heavy atom. The highest BCUT2D eigenvalue weighted by Gasteiger charge is 2.30. The summed E-state index contributed by atoms with van der Waals surface area (Å²) in [5.74, 6) is 2.16. The number of rotatable bonds is 15. The minimum Gasteiger partial charge on any atom is -0.497 e. The number of nitrogens with zero attached hydrogens (tertiary/aromatic N) is 1. The second-order valence-electron chi connectivity index (χ2n) is 9.01. The maximum Gasteiger partial charge on any atom is 0.243 e. The van der Waals surface area contributed by atoms with Crippen molar-refractivity contribution < 1.29 is 14.3 Å². The zero-order valence-corrected chi connectivity index (χ0v) is 22.7. The van der Waals surface area contributed by atoms with Crippen LogP contribution in [0.1, 0.15) is 42.9 Å². The highest BCUT2D eigenvalue weighted by Crippen LogP contribution is 2.20. The summed E-state index contributed by atoms with van der Waals surface area (Å²) in [6.07, 6.45) is 2.74. The van der Waals surface area contributed by atoms with Crippen molar-refractivity contribution in [3.05, 3.63) is 102 Å². The molecular formula is C31H38N2O3S. The fourth-order valence-corrected chi connectivity index (χ4v) is 4.99. The Morgan fingerprint density at radius 1 is 0.919 bits per heavy atom. The van der Waals surface area contributed by atoms with Crippen molar-refractivity contribution in [2.45, 2.75) is 50.9 Å². The lowest BCUT2D eigenvalue weighted by molar-refractivity contribution is -0.141. The third-order valence-corrected chi connectivity index (χ3v) is 7.19. The van der Waals surface area contributed by atoms with Crippen molar-refractivity contribution >= 4 is 23.6 Å². The Hall–Kier alpha value is -3.25. The Bertz CT molecular complexity index is 1090. The van der Waals surface area contributed by atoms with E-state index in [4.69, 9.17) is 4.74 Å². The van der Waals surface area contributed by atoms with Crippen LogP contribution in [0.2, 0.25) is 0 Å². The second kappa shape index (κ2) is 15.8. The molecule has 2 amide bonds. The molecule has 3 aromatic carbocycles. The molecule has 0 spiro atoms. The van der Waals surface area contributed by atoms with Crippen molar-refractivity contribution in [1.29, 1.82) is 0 Å². The van der Waals surface area contributed by atoms with Crippen molar-refractivity contribution in [3.63, 3.8) is 0 Å². The van der Waals surface area contributed by atoms with E-state index in [1.807, 2.05) is 72.8 Å². The lowest BCUT2D eigenvalue weighted by atomic mass is 10.0. The monoisotopic (exact) mass is 518 g/mol. The summed E-state index contributed by atoms with van der Waals surface area (Å²) < 4.78 is 5.40. The molecule has 0 aliphatic carbocycles. The molecule has 6 heteroatoms. The summed E-state index contributed by atoms with van der Waals surface area (Å²) in [4.78, 5) is 28.9. The molecule has 196 valence electrons. The number of amides is 2. The van der Waals surface area contributed by atoms with E-state index < -0.39 is 6.04 Å². The summed E-state index contributed by atoms with van der Waals surface area (Å²) >= 11 is 1.74. The first-order valence-corrected chi connectivity index (χ1v) is 14.1. The van der Waals surface area contributed by atoms with E-state index in [0.717, 1.165) is 35.5 Å². The summed E-state index contributed by atoms with van der Waals surface area (Å²) in [5.41, 5.74) is 3.20. The van der Waals surface area contributed by atoms with Gasteiger partial charge in [-0.25, -0.2) is 0 Å². The van der Waals surface area contributed by atoms with E-state index >= 15 is 0 Å². The number of ether oxygens (including phenoxy) is 1. The van der Waals surface area contributed by atoms with Gasteiger partial charge in [-0.3, -0.25) is 9.59 Å². The predicted octanol–water partition coefficient (Wildman–Crippen LogP) is 5.87. The zero-order valence-electron chi connectivity index (χ0n) is 21.9. The lowest BCUT2D eigenvalue weighted by Crippen LogP contribution is -2.50. The number of methoxy groups -OCH3 is 1. The largest absolute Gasteiger partial charge is 0.497 e. The Morgan fingerprint density at radius 2 is 1.59 bits per heavy atom. The van der Waals surface area contributed by atoms with Crippen LogP contribution in [-0.4, -0.2) is 42.2 Å². The minimum absolute atomic E-state index is 0.0186. The molecule has 1 atom stereocenters. The fourth-order valence-electron chi connectivity index (χ4n) is 4.09. The van der Waals surface area contributed by atoms with Gasteiger partial charge >= 0.3 is 0 Å². The standard InChI is InChI=1S/C31H38N2O3S/c1-3-4-19-32-31(35)29(22-25-12-7-5-8-13-25)33(23-27-16-11-17-28(21-27)36-2)30(34)18-20-37-24-26-14-9-6-10-15-26/h5-17,21,29H,3-4,18-20,22-24H2,1-2H3,(H,32,35)/t29-/m1/s1. The highest BCUT2D eigenvalue weighted by atomic mass is 32.2. The smallest absolute Gasteiger partial charge is 0.243 e. The molecule has 0 saturated carbocycles. The number of thioether (sulfide) groups is 1. The number of carbonyl (C=O) groups is 2. The number of unbranched alkanes of at least 4 members (excludes halogenated alkanes) is 1. The molecule has 5 nitrogen and oxygen atoms in total. The van der Waals surface area contributed by atoms with Gasteiger partial charge in [-0.05, 0) is 35.2 Å². The molecule has 1 N–H and O–H groups in total. The topological polar surface area (TPSA) is 58.6 Å². The van der Waals surface area contributed by atoms with Gasteiger partial charge in [0.15, 0.2) is 0 Å². The Labute approximate surface area is 225 Å². The average Bonchev–Trinajstić information content (AvgIpc) is 2.94. The molecule has 0 saturated heterocycles. The van der Waals surface area contributed by atoms with Crippen molar-refractivity contribution in [2.75, 3.05) is 19.4 Å². The van der Waals surface area contributed by atoms with Crippen LogP contribution < -0.4 is 10.1 Å². The van der Waals surface area contributed by atoms with Crippen LogP contribution in [0.15, 0.2) is 84.9 Å². The van der Waals surface area contributed by atoms with Gasteiger partial charge in [0.2, 0.25) is 11.8 Å². The molecule has 0 aliphatic rings. The second-order valence-corrected chi connectivity index (χ2v) is 10.1. The number of nitrogens with one attached hydrogen (secondary N) is 1. The van der Waals surface area contributed by atoms with Crippen LogP contribution in [0.4, 0.5) is 0 Å². The summed E-state index contributed by atoms with van der Waals surface area (Å²) in [5, 5.41) is 3.07. The molecular weight excluding hydrogens is 480 g/mol. The van der Waals surface area contributed by atoms with Crippen molar-refractivity contribution in [1.82, 2.24) is 10.2 Å². The molecule has 0 unspecified atom stereocenters. The predicted molar refractivity (Wildman–Crippen MR) is 153 cm³/mol.